The normalized spacial score (nSPS) is 17.9. The van der Waals surface area contributed by atoms with E-state index in [4.69, 9.17) is 4.42 Å². The molecule has 0 saturated heterocycles. The van der Waals surface area contributed by atoms with Crippen molar-refractivity contribution in [3.05, 3.63) is 65.6 Å². The molecule has 6 nitrogen and oxygen atoms in total. The fraction of sp³-hybridized carbons (Fsp3) is 0.235. The number of aromatic nitrogens is 1. The van der Waals surface area contributed by atoms with Gasteiger partial charge in [0.05, 0.1) is 24.4 Å². The van der Waals surface area contributed by atoms with Crippen LogP contribution in [0, 0.1) is 0 Å². The average Bonchev–Trinajstić information content (AvgIpc) is 3.17. The molecule has 3 heterocycles. The first-order chi connectivity index (χ1) is 11.1. The van der Waals surface area contributed by atoms with Crippen molar-refractivity contribution in [2.24, 2.45) is 0 Å². The van der Waals surface area contributed by atoms with Gasteiger partial charge in [-0.2, -0.15) is 0 Å². The molecule has 3 rings (SSSR count). The number of nitrogens with zero attached hydrogens (tertiary/aromatic N) is 2. The summed E-state index contributed by atoms with van der Waals surface area (Å²) in [6.45, 7) is 1.87. The number of hydrogen-bond donors (Lipinski definition) is 1. The van der Waals surface area contributed by atoms with Crippen LogP contribution in [-0.2, 0) is 16.1 Å². The summed E-state index contributed by atoms with van der Waals surface area (Å²) in [6.07, 6.45) is 4.91. The Hall–Kier alpha value is -2.89. The second-order valence-corrected chi connectivity index (χ2v) is 5.23. The van der Waals surface area contributed by atoms with Crippen molar-refractivity contribution in [2.45, 2.75) is 25.9 Å². The molecule has 0 aromatic carbocycles. The van der Waals surface area contributed by atoms with Gasteiger partial charge in [-0.15, -0.1) is 0 Å². The largest absolute Gasteiger partial charge is 0.503 e. The molecule has 0 bridgehead atoms. The summed E-state index contributed by atoms with van der Waals surface area (Å²) in [4.78, 5) is 30.1. The molecule has 1 aliphatic heterocycles. The van der Waals surface area contributed by atoms with Gasteiger partial charge in [0.15, 0.2) is 11.5 Å². The maximum atomic E-state index is 12.5. The quantitative estimate of drug-likeness (QED) is 0.917. The molecule has 1 N–H and O–H groups in total. The number of pyridine rings is 1. The molecule has 1 amide bonds. The minimum atomic E-state index is -0.636. The molecular formula is C17H16N2O4. The number of carbonyl (C=O) groups is 2. The van der Waals surface area contributed by atoms with Crippen molar-refractivity contribution in [2.75, 3.05) is 0 Å². The molecule has 0 radical (unpaired) electrons. The highest BCUT2D eigenvalue weighted by Crippen LogP contribution is 2.38. The van der Waals surface area contributed by atoms with Gasteiger partial charge >= 0.3 is 0 Å². The van der Waals surface area contributed by atoms with Crippen LogP contribution in [0.15, 0.2) is 58.7 Å². The Kier molecular flexibility index (Phi) is 3.97. The fourth-order valence-corrected chi connectivity index (χ4v) is 2.75. The van der Waals surface area contributed by atoms with E-state index in [0.29, 0.717) is 5.76 Å². The van der Waals surface area contributed by atoms with Gasteiger partial charge in [-0.05, 0) is 29.8 Å². The van der Waals surface area contributed by atoms with Crippen LogP contribution in [0.5, 0.6) is 0 Å². The third kappa shape index (κ3) is 2.63. The van der Waals surface area contributed by atoms with E-state index in [9.17, 15) is 14.7 Å². The van der Waals surface area contributed by atoms with Gasteiger partial charge in [0.25, 0.3) is 5.91 Å². The van der Waals surface area contributed by atoms with E-state index in [2.05, 4.69) is 4.98 Å². The van der Waals surface area contributed by atoms with Crippen molar-refractivity contribution in [3.63, 3.8) is 0 Å². The molecule has 0 saturated carbocycles. The third-order valence-corrected chi connectivity index (χ3v) is 3.85. The Morgan fingerprint density at radius 3 is 2.70 bits per heavy atom. The van der Waals surface area contributed by atoms with E-state index in [0.717, 1.165) is 5.56 Å². The van der Waals surface area contributed by atoms with Crippen LogP contribution in [-0.4, -0.2) is 26.7 Å². The highest BCUT2D eigenvalue weighted by atomic mass is 16.3. The molecule has 0 fully saturated rings. The zero-order valence-electron chi connectivity index (χ0n) is 12.6. The lowest BCUT2D eigenvalue weighted by Gasteiger charge is -2.25. The van der Waals surface area contributed by atoms with Crippen LogP contribution < -0.4 is 0 Å². The van der Waals surface area contributed by atoms with Crippen LogP contribution in [0.2, 0.25) is 0 Å². The van der Waals surface area contributed by atoms with Crippen LogP contribution in [0.25, 0.3) is 0 Å². The molecule has 1 aliphatic rings. The molecule has 1 unspecified atom stereocenters. The van der Waals surface area contributed by atoms with Gasteiger partial charge < -0.3 is 14.4 Å². The van der Waals surface area contributed by atoms with E-state index >= 15 is 0 Å². The predicted molar refractivity (Wildman–Crippen MR) is 81.2 cm³/mol. The third-order valence-electron chi connectivity index (χ3n) is 3.85. The number of Topliss-reactive ketones (excluding diaryl/α,β-unsaturated/α-hetero) is 1. The molecule has 23 heavy (non-hydrogen) atoms. The molecule has 118 valence electrons. The number of furan rings is 1. The number of amides is 1. The van der Waals surface area contributed by atoms with E-state index < -0.39 is 17.7 Å². The summed E-state index contributed by atoms with van der Waals surface area (Å²) in [5.41, 5.74) is 0.857. The lowest BCUT2D eigenvalue weighted by molar-refractivity contribution is -0.130. The van der Waals surface area contributed by atoms with Crippen LogP contribution in [0.1, 0.15) is 30.7 Å². The molecular weight excluding hydrogens is 296 g/mol. The summed E-state index contributed by atoms with van der Waals surface area (Å²) in [7, 11) is 0. The average molecular weight is 312 g/mol. The van der Waals surface area contributed by atoms with Gasteiger partial charge in [0.1, 0.15) is 5.76 Å². The topological polar surface area (TPSA) is 83.6 Å². The zero-order chi connectivity index (χ0) is 16.4. The Morgan fingerprint density at radius 2 is 2.09 bits per heavy atom. The number of rotatable bonds is 5. The summed E-state index contributed by atoms with van der Waals surface area (Å²) >= 11 is 0. The van der Waals surface area contributed by atoms with Gasteiger partial charge in [-0.3, -0.25) is 14.6 Å². The summed E-state index contributed by atoms with van der Waals surface area (Å²) in [5.74, 6) is -0.722. The smallest absolute Gasteiger partial charge is 0.290 e. The second kappa shape index (κ2) is 6.08. The van der Waals surface area contributed by atoms with E-state index in [1.54, 1.807) is 43.6 Å². The van der Waals surface area contributed by atoms with Gasteiger partial charge in [0, 0.05) is 18.8 Å². The molecule has 2 aromatic heterocycles. The van der Waals surface area contributed by atoms with Gasteiger partial charge in [0.2, 0.25) is 0 Å². The molecule has 0 aliphatic carbocycles. The maximum Gasteiger partial charge on any atom is 0.290 e. The predicted octanol–water partition coefficient (Wildman–Crippen LogP) is 2.55. The van der Waals surface area contributed by atoms with Crippen molar-refractivity contribution in [1.29, 1.82) is 0 Å². The first kappa shape index (κ1) is 15.0. The lowest BCUT2D eigenvalue weighted by atomic mass is 9.96. The van der Waals surface area contributed by atoms with E-state index in [-0.39, 0.29) is 24.3 Å². The first-order valence-electron chi connectivity index (χ1n) is 7.33. The standard InChI is InChI=1S/C17H16N2O4/c1-2-13(20)14-15(11-5-7-18-8-6-11)19(17(22)16(14)21)10-12-4-3-9-23-12/h3-9,15,21H,2,10H2,1H3. The molecule has 2 aromatic rings. The second-order valence-electron chi connectivity index (χ2n) is 5.23. The number of ketones is 1. The van der Waals surface area contributed by atoms with Crippen molar-refractivity contribution in [3.8, 4) is 0 Å². The monoisotopic (exact) mass is 312 g/mol. The Labute approximate surface area is 133 Å². The van der Waals surface area contributed by atoms with Gasteiger partial charge in [-0.1, -0.05) is 6.92 Å². The fourth-order valence-electron chi connectivity index (χ4n) is 2.75. The van der Waals surface area contributed by atoms with Crippen molar-refractivity contribution in [1.82, 2.24) is 9.88 Å². The van der Waals surface area contributed by atoms with Crippen molar-refractivity contribution >= 4 is 11.7 Å². The summed E-state index contributed by atoms with van der Waals surface area (Å²) in [6, 6.07) is 6.29. The Morgan fingerprint density at radius 1 is 1.35 bits per heavy atom. The minimum Gasteiger partial charge on any atom is -0.503 e. The van der Waals surface area contributed by atoms with Crippen LogP contribution >= 0.6 is 0 Å². The molecule has 6 heteroatoms. The van der Waals surface area contributed by atoms with Crippen LogP contribution in [0.3, 0.4) is 0 Å². The Balaban J connectivity index is 2.05. The first-order valence-corrected chi connectivity index (χ1v) is 7.33. The number of aliphatic hydroxyl groups is 1. The number of hydrogen-bond acceptors (Lipinski definition) is 5. The van der Waals surface area contributed by atoms with Crippen molar-refractivity contribution < 1.29 is 19.1 Å². The Bertz CT molecular complexity index is 750. The number of carbonyl (C=O) groups excluding carboxylic acids is 2. The zero-order valence-corrected chi connectivity index (χ0v) is 12.6. The SMILES string of the molecule is CCC(=O)C1=C(O)C(=O)N(Cc2ccco2)C1c1ccncc1. The van der Waals surface area contributed by atoms with E-state index in [1.807, 2.05) is 0 Å². The van der Waals surface area contributed by atoms with Gasteiger partial charge in [-0.25, -0.2) is 0 Å². The molecule has 0 spiro atoms. The summed E-state index contributed by atoms with van der Waals surface area (Å²) < 4.78 is 5.29. The van der Waals surface area contributed by atoms with Crippen LogP contribution in [0.4, 0.5) is 0 Å². The maximum absolute atomic E-state index is 12.5. The highest BCUT2D eigenvalue weighted by molar-refractivity contribution is 6.08. The lowest BCUT2D eigenvalue weighted by Crippen LogP contribution is -2.30. The van der Waals surface area contributed by atoms with E-state index in [1.165, 1.54) is 11.2 Å². The number of aliphatic hydroxyl groups excluding tert-OH is 1. The minimum absolute atomic E-state index is 0.134. The molecule has 1 atom stereocenters. The summed E-state index contributed by atoms with van der Waals surface area (Å²) in [5, 5.41) is 10.2. The highest BCUT2D eigenvalue weighted by Gasteiger charge is 2.43.